The minimum absolute atomic E-state index is 0.250. The van der Waals surface area contributed by atoms with Crippen molar-refractivity contribution in [3.63, 3.8) is 0 Å². The Morgan fingerprint density at radius 1 is 1.08 bits per heavy atom. The molecular formula is C21H29NO3S. The third-order valence-electron chi connectivity index (χ3n) is 5.63. The van der Waals surface area contributed by atoms with E-state index in [2.05, 4.69) is 29.2 Å². The molecule has 1 aliphatic carbocycles. The number of aryl methyl sites for hydroxylation is 1. The van der Waals surface area contributed by atoms with Gasteiger partial charge in [-0.2, -0.15) is 0 Å². The molecule has 0 spiro atoms. The minimum atomic E-state index is -2.91. The van der Waals surface area contributed by atoms with E-state index in [0.717, 1.165) is 43.6 Å². The largest absolute Gasteiger partial charge is 0.445 e. The van der Waals surface area contributed by atoms with Crippen molar-refractivity contribution in [1.82, 2.24) is 4.98 Å². The van der Waals surface area contributed by atoms with Gasteiger partial charge in [0.1, 0.15) is 6.26 Å². The quantitative estimate of drug-likeness (QED) is 0.690. The molecule has 0 amide bonds. The van der Waals surface area contributed by atoms with Crippen LogP contribution in [0.1, 0.15) is 51.5 Å². The summed E-state index contributed by atoms with van der Waals surface area (Å²) in [5.41, 5.74) is 2.34. The predicted octanol–water partition coefficient (Wildman–Crippen LogP) is 4.90. The molecule has 2 aromatic rings. The topological polar surface area (TPSA) is 60.2 Å². The number of nitrogens with zero attached hydrogens (tertiary/aromatic N) is 1. The lowest BCUT2D eigenvalue weighted by Crippen LogP contribution is -2.26. The molecule has 1 aromatic heterocycles. The zero-order valence-electron chi connectivity index (χ0n) is 15.7. The lowest BCUT2D eigenvalue weighted by atomic mass is 9.80. The summed E-state index contributed by atoms with van der Waals surface area (Å²) in [6, 6.07) is 8.43. The first-order chi connectivity index (χ1) is 12.4. The van der Waals surface area contributed by atoms with Gasteiger partial charge in [0.25, 0.3) is 0 Å². The highest BCUT2D eigenvalue weighted by Gasteiger charge is 2.27. The monoisotopic (exact) mass is 375 g/mol. The maximum atomic E-state index is 12.1. The first kappa shape index (κ1) is 19.2. The zero-order valence-corrected chi connectivity index (χ0v) is 16.5. The van der Waals surface area contributed by atoms with E-state index in [1.807, 2.05) is 0 Å². The molecule has 4 nitrogen and oxygen atoms in total. The molecule has 0 N–H and O–H groups in total. The number of benzene rings is 1. The number of rotatable bonds is 7. The maximum Gasteiger partial charge on any atom is 0.225 e. The van der Waals surface area contributed by atoms with Crippen molar-refractivity contribution in [1.29, 1.82) is 0 Å². The predicted molar refractivity (Wildman–Crippen MR) is 105 cm³/mol. The summed E-state index contributed by atoms with van der Waals surface area (Å²) in [6.07, 6.45) is 9.93. The van der Waals surface area contributed by atoms with E-state index in [-0.39, 0.29) is 5.25 Å². The van der Waals surface area contributed by atoms with Gasteiger partial charge in [-0.25, -0.2) is 13.4 Å². The second kappa shape index (κ2) is 8.38. The van der Waals surface area contributed by atoms with E-state index < -0.39 is 9.84 Å². The number of oxazole rings is 1. The second-order valence-corrected chi connectivity index (χ2v) is 10.4. The van der Waals surface area contributed by atoms with E-state index >= 15 is 0 Å². The average molecular weight is 376 g/mol. The van der Waals surface area contributed by atoms with Crippen molar-refractivity contribution < 1.29 is 12.8 Å². The lowest BCUT2D eigenvalue weighted by molar-refractivity contribution is 0.278. The van der Waals surface area contributed by atoms with E-state index in [0.29, 0.717) is 17.6 Å². The molecule has 1 aromatic carbocycles. The van der Waals surface area contributed by atoms with Gasteiger partial charge >= 0.3 is 0 Å². The molecule has 3 rings (SSSR count). The van der Waals surface area contributed by atoms with Gasteiger partial charge < -0.3 is 4.42 Å². The van der Waals surface area contributed by atoms with Crippen LogP contribution in [0, 0.1) is 11.8 Å². The van der Waals surface area contributed by atoms with Crippen LogP contribution in [-0.2, 0) is 16.3 Å². The number of hydrogen-bond donors (Lipinski definition) is 0. The Kier molecular flexibility index (Phi) is 6.17. The van der Waals surface area contributed by atoms with Gasteiger partial charge in [-0.1, -0.05) is 25.0 Å². The number of hydrogen-bond acceptors (Lipinski definition) is 4. The van der Waals surface area contributed by atoms with Gasteiger partial charge in [-0.3, -0.25) is 0 Å². The van der Waals surface area contributed by atoms with Crippen LogP contribution in [0.2, 0.25) is 0 Å². The smallest absolute Gasteiger partial charge is 0.225 e. The van der Waals surface area contributed by atoms with E-state index in [1.54, 1.807) is 26.3 Å². The van der Waals surface area contributed by atoms with E-state index in [9.17, 15) is 8.42 Å². The molecule has 26 heavy (non-hydrogen) atoms. The summed E-state index contributed by atoms with van der Waals surface area (Å²) in [4.78, 5) is 4.17. The standard InChI is InChI=1S/C21H29NO3S/c1-16(2)26(23,24)15-19-7-5-17(6-8-19)3-4-18-9-11-20(12-10-18)21-22-13-14-25-21/h9-14,16-17,19H,3-8,15H2,1-2H3. The molecule has 1 heterocycles. The van der Waals surface area contributed by atoms with Crippen LogP contribution in [0.25, 0.3) is 11.5 Å². The van der Waals surface area contributed by atoms with Crippen LogP contribution >= 0.6 is 0 Å². The second-order valence-electron chi connectivity index (χ2n) is 7.84. The molecular weight excluding hydrogens is 346 g/mol. The van der Waals surface area contributed by atoms with Crippen molar-refractivity contribution in [3.8, 4) is 11.5 Å². The summed E-state index contributed by atoms with van der Waals surface area (Å²) in [6.45, 7) is 3.57. The van der Waals surface area contributed by atoms with E-state index in [4.69, 9.17) is 4.42 Å². The van der Waals surface area contributed by atoms with Crippen LogP contribution < -0.4 is 0 Å². The van der Waals surface area contributed by atoms with Crippen LogP contribution in [-0.4, -0.2) is 24.4 Å². The Balaban J connectivity index is 1.44. The fourth-order valence-corrected chi connectivity index (χ4v) is 5.13. The first-order valence-electron chi connectivity index (χ1n) is 9.64. The molecule has 0 unspecified atom stereocenters. The van der Waals surface area contributed by atoms with Crippen LogP contribution in [0.5, 0.6) is 0 Å². The average Bonchev–Trinajstić information content (AvgIpc) is 3.16. The molecule has 0 atom stereocenters. The van der Waals surface area contributed by atoms with Crippen LogP contribution in [0.4, 0.5) is 0 Å². The van der Waals surface area contributed by atoms with Crippen LogP contribution in [0.15, 0.2) is 41.1 Å². The minimum Gasteiger partial charge on any atom is -0.445 e. The third-order valence-corrected chi connectivity index (χ3v) is 8.00. The van der Waals surface area contributed by atoms with Crippen LogP contribution in [0.3, 0.4) is 0 Å². The molecule has 142 valence electrons. The van der Waals surface area contributed by atoms with Gasteiger partial charge in [0.05, 0.1) is 17.2 Å². The number of sulfone groups is 1. The SMILES string of the molecule is CC(C)S(=O)(=O)CC1CCC(CCc2ccc(-c3ncco3)cc2)CC1. The Morgan fingerprint density at radius 3 is 2.31 bits per heavy atom. The molecule has 0 bridgehead atoms. The molecule has 1 fully saturated rings. The highest BCUT2D eigenvalue weighted by Crippen LogP contribution is 2.33. The normalized spacial score (nSPS) is 21.2. The van der Waals surface area contributed by atoms with Crippen molar-refractivity contribution >= 4 is 9.84 Å². The van der Waals surface area contributed by atoms with Gasteiger partial charge in [0.15, 0.2) is 9.84 Å². The Hall–Kier alpha value is -1.62. The fourth-order valence-electron chi connectivity index (χ4n) is 3.76. The molecule has 5 heteroatoms. The summed E-state index contributed by atoms with van der Waals surface area (Å²) in [5, 5.41) is -0.250. The zero-order chi connectivity index (χ0) is 18.6. The Labute approximate surface area is 157 Å². The van der Waals surface area contributed by atoms with Gasteiger partial charge in [0.2, 0.25) is 5.89 Å². The maximum absolute atomic E-state index is 12.1. The highest BCUT2D eigenvalue weighted by molar-refractivity contribution is 7.91. The summed E-state index contributed by atoms with van der Waals surface area (Å²) in [7, 11) is -2.91. The first-order valence-corrected chi connectivity index (χ1v) is 11.4. The summed E-state index contributed by atoms with van der Waals surface area (Å²) < 4.78 is 29.5. The van der Waals surface area contributed by atoms with Gasteiger partial charge in [-0.05, 0) is 69.1 Å². The van der Waals surface area contributed by atoms with Crippen molar-refractivity contribution in [2.24, 2.45) is 11.8 Å². The van der Waals surface area contributed by atoms with Crippen molar-refractivity contribution in [2.75, 3.05) is 5.75 Å². The molecule has 0 saturated heterocycles. The molecule has 0 radical (unpaired) electrons. The number of aromatic nitrogens is 1. The Morgan fingerprint density at radius 2 is 1.73 bits per heavy atom. The molecule has 0 aliphatic heterocycles. The van der Waals surface area contributed by atoms with Gasteiger partial charge in [0, 0.05) is 5.56 Å². The van der Waals surface area contributed by atoms with Crippen molar-refractivity contribution in [3.05, 3.63) is 42.3 Å². The third kappa shape index (κ3) is 4.97. The Bertz CT molecular complexity index is 771. The van der Waals surface area contributed by atoms with Crippen molar-refractivity contribution in [2.45, 2.75) is 57.6 Å². The molecule has 1 aliphatic rings. The van der Waals surface area contributed by atoms with Gasteiger partial charge in [-0.15, -0.1) is 0 Å². The summed E-state index contributed by atoms with van der Waals surface area (Å²) in [5.74, 6) is 2.11. The lowest BCUT2D eigenvalue weighted by Gasteiger charge is -2.28. The fraction of sp³-hybridized carbons (Fsp3) is 0.571. The highest BCUT2D eigenvalue weighted by atomic mass is 32.2. The van der Waals surface area contributed by atoms with E-state index in [1.165, 1.54) is 12.0 Å². The molecule has 1 saturated carbocycles. The summed E-state index contributed by atoms with van der Waals surface area (Å²) >= 11 is 0.